The van der Waals surface area contributed by atoms with Crippen LogP contribution in [0.25, 0.3) is 0 Å². The van der Waals surface area contributed by atoms with E-state index in [1.54, 1.807) is 42.5 Å². The first-order valence-corrected chi connectivity index (χ1v) is 9.50. The molecule has 1 N–H and O–H groups in total. The highest BCUT2D eigenvalue weighted by Crippen LogP contribution is 2.26. The molecule has 6 heteroatoms. The third kappa shape index (κ3) is 3.55. The van der Waals surface area contributed by atoms with Crippen molar-refractivity contribution in [3.8, 4) is 0 Å². The van der Waals surface area contributed by atoms with Gasteiger partial charge < -0.3 is 9.64 Å². The Labute approximate surface area is 143 Å². The summed E-state index contributed by atoms with van der Waals surface area (Å²) >= 11 is 0. The molecule has 1 heterocycles. The zero-order valence-corrected chi connectivity index (χ0v) is 14.7. The molecular weight excluding hydrogens is 324 g/mol. The summed E-state index contributed by atoms with van der Waals surface area (Å²) in [6.45, 7) is 5.66. The fraction of sp³-hybridized carbons (Fsp3) is 0.333. The molecule has 0 bridgehead atoms. The minimum absolute atomic E-state index is 0.254. The Morgan fingerprint density at radius 2 is 1.54 bits per heavy atom. The lowest BCUT2D eigenvalue weighted by Gasteiger charge is -2.40. The standard InChI is InChI=1S/C18H22N2O3S/c1-14-12-23-13-15(2)20(14)17-10-8-16(9-11-17)19-24(21,22)18-6-4-3-5-7-18/h3-11,14-15,19H,12-13H2,1-2H3. The van der Waals surface area contributed by atoms with E-state index in [1.165, 1.54) is 0 Å². The molecule has 1 saturated heterocycles. The highest BCUT2D eigenvalue weighted by Gasteiger charge is 2.25. The monoisotopic (exact) mass is 346 g/mol. The van der Waals surface area contributed by atoms with Crippen molar-refractivity contribution in [1.29, 1.82) is 0 Å². The van der Waals surface area contributed by atoms with Crippen LogP contribution in [0.15, 0.2) is 59.5 Å². The highest BCUT2D eigenvalue weighted by atomic mass is 32.2. The van der Waals surface area contributed by atoms with Crippen LogP contribution in [0.3, 0.4) is 0 Å². The third-order valence-electron chi connectivity index (χ3n) is 4.14. The molecule has 2 aromatic carbocycles. The van der Waals surface area contributed by atoms with Gasteiger partial charge in [0.2, 0.25) is 0 Å². The van der Waals surface area contributed by atoms with Crippen LogP contribution in [-0.4, -0.2) is 33.7 Å². The maximum absolute atomic E-state index is 12.4. The van der Waals surface area contributed by atoms with Crippen molar-refractivity contribution in [2.45, 2.75) is 30.8 Å². The van der Waals surface area contributed by atoms with Gasteiger partial charge in [-0.3, -0.25) is 4.72 Å². The fourth-order valence-corrected chi connectivity index (χ4v) is 4.11. The van der Waals surface area contributed by atoms with Crippen LogP contribution in [0.5, 0.6) is 0 Å². The summed E-state index contributed by atoms with van der Waals surface area (Å²) in [6.07, 6.45) is 0. The number of morpholine rings is 1. The second-order valence-electron chi connectivity index (χ2n) is 6.11. The SMILES string of the molecule is CC1COCC(C)N1c1ccc(NS(=O)(=O)c2ccccc2)cc1. The van der Waals surface area contributed by atoms with Gasteiger partial charge in [0, 0.05) is 23.5 Å². The van der Waals surface area contributed by atoms with Gasteiger partial charge in [-0.2, -0.15) is 0 Å². The Morgan fingerprint density at radius 1 is 0.958 bits per heavy atom. The predicted molar refractivity (Wildman–Crippen MR) is 95.9 cm³/mol. The third-order valence-corrected chi connectivity index (χ3v) is 5.54. The fourth-order valence-electron chi connectivity index (χ4n) is 3.03. The molecule has 1 fully saturated rings. The molecule has 2 atom stereocenters. The van der Waals surface area contributed by atoms with E-state index in [9.17, 15) is 8.42 Å². The Kier molecular flexibility index (Phi) is 4.78. The maximum Gasteiger partial charge on any atom is 0.261 e. The van der Waals surface area contributed by atoms with Crippen LogP contribution >= 0.6 is 0 Å². The number of nitrogens with one attached hydrogen (secondary N) is 1. The zero-order valence-electron chi connectivity index (χ0n) is 13.8. The molecule has 3 rings (SSSR count). The number of nitrogens with zero attached hydrogens (tertiary/aromatic N) is 1. The van der Waals surface area contributed by atoms with E-state index in [0.29, 0.717) is 31.0 Å². The molecule has 2 unspecified atom stereocenters. The average Bonchev–Trinajstić information content (AvgIpc) is 2.57. The first-order valence-electron chi connectivity index (χ1n) is 8.01. The molecule has 0 aromatic heterocycles. The smallest absolute Gasteiger partial charge is 0.261 e. The van der Waals surface area contributed by atoms with Crippen LogP contribution in [0.2, 0.25) is 0 Å². The summed E-state index contributed by atoms with van der Waals surface area (Å²) < 4.78 is 32.9. The van der Waals surface area contributed by atoms with Crippen LogP contribution in [0, 0.1) is 0 Å². The minimum atomic E-state index is -3.56. The van der Waals surface area contributed by atoms with E-state index in [4.69, 9.17) is 4.74 Å². The first-order chi connectivity index (χ1) is 11.5. The van der Waals surface area contributed by atoms with Gasteiger partial charge in [0.05, 0.1) is 18.1 Å². The summed E-state index contributed by atoms with van der Waals surface area (Å²) in [5.41, 5.74) is 1.62. The predicted octanol–water partition coefficient (Wildman–Crippen LogP) is 3.10. The molecule has 2 aromatic rings. The molecule has 0 saturated carbocycles. The van der Waals surface area contributed by atoms with Crippen LogP contribution in [0.1, 0.15) is 13.8 Å². The van der Waals surface area contributed by atoms with Crippen LogP contribution in [-0.2, 0) is 14.8 Å². The molecule has 1 aliphatic heterocycles. The topological polar surface area (TPSA) is 58.6 Å². The van der Waals surface area contributed by atoms with Gasteiger partial charge in [0.25, 0.3) is 10.0 Å². The van der Waals surface area contributed by atoms with Gasteiger partial charge in [-0.25, -0.2) is 8.42 Å². The molecule has 0 spiro atoms. The summed E-state index contributed by atoms with van der Waals surface area (Å²) in [4.78, 5) is 2.56. The largest absolute Gasteiger partial charge is 0.377 e. The van der Waals surface area contributed by atoms with Gasteiger partial charge in [-0.05, 0) is 50.2 Å². The van der Waals surface area contributed by atoms with Gasteiger partial charge in [-0.15, -0.1) is 0 Å². The highest BCUT2D eigenvalue weighted by molar-refractivity contribution is 7.92. The van der Waals surface area contributed by atoms with E-state index < -0.39 is 10.0 Å². The van der Waals surface area contributed by atoms with Crippen molar-refractivity contribution in [1.82, 2.24) is 0 Å². The van der Waals surface area contributed by atoms with E-state index >= 15 is 0 Å². The average molecular weight is 346 g/mol. The number of hydrogen-bond acceptors (Lipinski definition) is 4. The van der Waals surface area contributed by atoms with Gasteiger partial charge >= 0.3 is 0 Å². The molecule has 0 aliphatic carbocycles. The molecule has 24 heavy (non-hydrogen) atoms. The summed E-state index contributed by atoms with van der Waals surface area (Å²) in [7, 11) is -3.56. The van der Waals surface area contributed by atoms with E-state index in [-0.39, 0.29) is 4.90 Å². The molecule has 5 nitrogen and oxygen atoms in total. The van der Waals surface area contributed by atoms with E-state index in [0.717, 1.165) is 5.69 Å². The van der Waals surface area contributed by atoms with Gasteiger partial charge in [-0.1, -0.05) is 18.2 Å². The minimum Gasteiger partial charge on any atom is -0.377 e. The second kappa shape index (κ2) is 6.83. The van der Waals surface area contributed by atoms with E-state index in [1.807, 2.05) is 12.1 Å². The summed E-state index contributed by atoms with van der Waals surface area (Å²) in [6, 6.07) is 16.4. The number of hydrogen-bond donors (Lipinski definition) is 1. The van der Waals surface area contributed by atoms with Crippen molar-refractivity contribution in [3.05, 3.63) is 54.6 Å². The second-order valence-corrected chi connectivity index (χ2v) is 7.79. The van der Waals surface area contributed by atoms with Gasteiger partial charge in [0.1, 0.15) is 0 Å². The van der Waals surface area contributed by atoms with Crippen LogP contribution in [0.4, 0.5) is 11.4 Å². The number of anilines is 2. The number of ether oxygens (including phenoxy) is 1. The summed E-state index contributed by atoms with van der Waals surface area (Å²) in [5.74, 6) is 0. The zero-order chi connectivity index (χ0) is 17.2. The normalized spacial score (nSPS) is 21.5. The van der Waals surface area contributed by atoms with Crippen molar-refractivity contribution in [3.63, 3.8) is 0 Å². The van der Waals surface area contributed by atoms with E-state index in [2.05, 4.69) is 23.5 Å². The Hall–Kier alpha value is -2.05. The Balaban J connectivity index is 1.78. The summed E-state index contributed by atoms with van der Waals surface area (Å²) in [5, 5.41) is 0. The molecular formula is C18H22N2O3S. The molecule has 0 radical (unpaired) electrons. The lowest BCUT2D eigenvalue weighted by Crippen LogP contribution is -2.49. The Morgan fingerprint density at radius 3 is 2.12 bits per heavy atom. The van der Waals surface area contributed by atoms with Crippen molar-refractivity contribution in [2.75, 3.05) is 22.8 Å². The maximum atomic E-state index is 12.4. The lowest BCUT2D eigenvalue weighted by molar-refractivity contribution is 0.0757. The lowest BCUT2D eigenvalue weighted by atomic mass is 10.1. The number of benzene rings is 2. The van der Waals surface area contributed by atoms with Crippen LogP contribution < -0.4 is 9.62 Å². The van der Waals surface area contributed by atoms with Gasteiger partial charge in [0.15, 0.2) is 0 Å². The molecule has 0 amide bonds. The van der Waals surface area contributed by atoms with Crippen molar-refractivity contribution >= 4 is 21.4 Å². The quantitative estimate of drug-likeness (QED) is 0.924. The first kappa shape index (κ1) is 16.8. The molecule has 128 valence electrons. The number of sulfonamides is 1. The van der Waals surface area contributed by atoms with Crippen molar-refractivity contribution < 1.29 is 13.2 Å². The molecule has 1 aliphatic rings. The number of rotatable bonds is 4. The Bertz CT molecular complexity index is 766. The van der Waals surface area contributed by atoms with Crippen molar-refractivity contribution in [2.24, 2.45) is 0 Å².